The van der Waals surface area contributed by atoms with E-state index in [1.807, 2.05) is 0 Å². The third-order valence-electron chi connectivity index (χ3n) is 4.29. The fourth-order valence-electron chi connectivity index (χ4n) is 2.97. The molecule has 16 heavy (non-hydrogen) atoms. The van der Waals surface area contributed by atoms with E-state index in [1.54, 1.807) is 0 Å². The largest absolute Gasteiger partial charge is 0.303 e. The molecule has 0 amide bonds. The van der Waals surface area contributed by atoms with Gasteiger partial charge in [-0.25, -0.2) is 0 Å². The molecule has 2 atom stereocenters. The van der Waals surface area contributed by atoms with Crippen LogP contribution in [0.3, 0.4) is 0 Å². The molecule has 0 bridgehead atoms. The van der Waals surface area contributed by atoms with Crippen LogP contribution in [0.1, 0.15) is 59.8 Å². The van der Waals surface area contributed by atoms with E-state index in [4.69, 9.17) is 0 Å². The Hall–Kier alpha value is -0.590. The van der Waals surface area contributed by atoms with Crippen molar-refractivity contribution in [1.29, 1.82) is 0 Å². The number of hydrogen-bond donors (Lipinski definition) is 0. The second-order valence-electron chi connectivity index (χ2n) is 5.91. The van der Waals surface area contributed by atoms with Gasteiger partial charge in [-0.05, 0) is 50.4 Å². The molecule has 0 aromatic rings. The minimum Gasteiger partial charge on any atom is -0.303 e. The van der Waals surface area contributed by atoms with E-state index >= 15 is 0 Å². The van der Waals surface area contributed by atoms with Gasteiger partial charge in [0.1, 0.15) is 6.29 Å². The topological polar surface area (TPSA) is 17.1 Å². The highest BCUT2D eigenvalue weighted by Gasteiger charge is 2.32. The van der Waals surface area contributed by atoms with Crippen LogP contribution < -0.4 is 0 Å². The van der Waals surface area contributed by atoms with Crippen LogP contribution in [0, 0.1) is 17.3 Å². The molecule has 2 unspecified atom stereocenters. The fraction of sp³-hybridized carbons (Fsp3) is 0.800. The molecule has 92 valence electrons. The average Bonchev–Trinajstić information content (AvgIpc) is 2.22. The van der Waals surface area contributed by atoms with Gasteiger partial charge in [-0.1, -0.05) is 32.4 Å². The van der Waals surface area contributed by atoms with Crippen LogP contribution in [-0.4, -0.2) is 6.29 Å². The molecule has 0 saturated heterocycles. The van der Waals surface area contributed by atoms with Gasteiger partial charge in [-0.15, -0.1) is 0 Å². The average molecular weight is 222 g/mol. The van der Waals surface area contributed by atoms with E-state index in [-0.39, 0.29) is 5.92 Å². The maximum atomic E-state index is 10.8. The minimum atomic E-state index is 0.269. The van der Waals surface area contributed by atoms with Crippen molar-refractivity contribution >= 4 is 6.29 Å². The van der Waals surface area contributed by atoms with Crippen LogP contribution in [0.4, 0.5) is 0 Å². The van der Waals surface area contributed by atoms with E-state index in [0.717, 1.165) is 19.1 Å². The predicted octanol–water partition coefficient (Wildman–Crippen LogP) is 4.37. The number of carbonyl (C=O) groups is 1. The van der Waals surface area contributed by atoms with Gasteiger partial charge in [0.2, 0.25) is 0 Å². The molecular formula is C15H26O. The van der Waals surface area contributed by atoms with E-state index in [1.165, 1.54) is 24.8 Å². The molecule has 0 heterocycles. The Balaban J connectivity index is 2.59. The van der Waals surface area contributed by atoms with Crippen LogP contribution in [0.5, 0.6) is 0 Å². The molecule has 0 aliphatic heterocycles. The van der Waals surface area contributed by atoms with Gasteiger partial charge in [-0.3, -0.25) is 0 Å². The summed E-state index contributed by atoms with van der Waals surface area (Å²) in [6, 6.07) is 0. The first-order valence-electron chi connectivity index (χ1n) is 6.63. The maximum absolute atomic E-state index is 10.8. The van der Waals surface area contributed by atoms with Crippen LogP contribution in [0.2, 0.25) is 0 Å². The van der Waals surface area contributed by atoms with Crippen molar-refractivity contribution in [3.05, 3.63) is 11.6 Å². The first kappa shape index (κ1) is 13.5. The predicted molar refractivity (Wildman–Crippen MR) is 69.3 cm³/mol. The Labute approximate surface area is 100 Å². The summed E-state index contributed by atoms with van der Waals surface area (Å²) >= 11 is 0. The van der Waals surface area contributed by atoms with Crippen LogP contribution >= 0.6 is 0 Å². The molecule has 0 spiro atoms. The summed E-state index contributed by atoms with van der Waals surface area (Å²) in [5.74, 6) is 0.945. The number of carbonyl (C=O) groups excluding carboxylic acids is 1. The first-order valence-corrected chi connectivity index (χ1v) is 6.63. The maximum Gasteiger partial charge on any atom is 0.123 e. The quantitative estimate of drug-likeness (QED) is 0.498. The zero-order valence-corrected chi connectivity index (χ0v) is 11.3. The second-order valence-corrected chi connectivity index (χ2v) is 5.91. The Morgan fingerprint density at radius 3 is 2.75 bits per heavy atom. The Kier molecular flexibility index (Phi) is 4.76. The third-order valence-corrected chi connectivity index (χ3v) is 4.29. The first-order chi connectivity index (χ1) is 7.51. The molecule has 1 rings (SSSR count). The van der Waals surface area contributed by atoms with E-state index < -0.39 is 0 Å². The van der Waals surface area contributed by atoms with E-state index in [0.29, 0.717) is 11.3 Å². The molecule has 0 aromatic carbocycles. The van der Waals surface area contributed by atoms with Gasteiger partial charge in [0, 0.05) is 5.92 Å². The lowest BCUT2D eigenvalue weighted by Gasteiger charge is -2.39. The standard InChI is InChI=1S/C15H26O/c1-5-13(11-16)8-9-14-12(2)7-6-10-15(14,3)4/h7,11,13-14H,5-6,8-10H2,1-4H3. The lowest BCUT2D eigenvalue weighted by Crippen LogP contribution is -2.28. The van der Waals surface area contributed by atoms with Crippen molar-refractivity contribution in [2.45, 2.75) is 59.8 Å². The van der Waals surface area contributed by atoms with Crippen molar-refractivity contribution < 1.29 is 4.79 Å². The summed E-state index contributed by atoms with van der Waals surface area (Å²) < 4.78 is 0. The summed E-state index contributed by atoms with van der Waals surface area (Å²) in [5, 5.41) is 0. The number of aldehydes is 1. The lowest BCUT2D eigenvalue weighted by molar-refractivity contribution is -0.111. The number of rotatable bonds is 5. The summed E-state index contributed by atoms with van der Waals surface area (Å²) in [5.41, 5.74) is 1.96. The van der Waals surface area contributed by atoms with Gasteiger partial charge in [0.25, 0.3) is 0 Å². The smallest absolute Gasteiger partial charge is 0.123 e. The lowest BCUT2D eigenvalue weighted by atomic mass is 9.66. The molecule has 1 aliphatic carbocycles. The molecule has 0 aromatic heterocycles. The van der Waals surface area contributed by atoms with Crippen molar-refractivity contribution in [3.63, 3.8) is 0 Å². The summed E-state index contributed by atoms with van der Waals surface area (Å²) in [6.07, 6.45) is 9.24. The molecule has 1 nitrogen and oxygen atoms in total. The Morgan fingerprint density at radius 1 is 1.56 bits per heavy atom. The normalized spacial score (nSPS) is 26.0. The highest BCUT2D eigenvalue weighted by molar-refractivity contribution is 5.53. The molecule has 0 saturated carbocycles. The Bertz CT molecular complexity index is 263. The molecule has 0 N–H and O–H groups in total. The fourth-order valence-corrected chi connectivity index (χ4v) is 2.97. The third kappa shape index (κ3) is 3.20. The van der Waals surface area contributed by atoms with Crippen molar-refractivity contribution in [2.75, 3.05) is 0 Å². The molecular weight excluding hydrogens is 196 g/mol. The number of allylic oxidation sites excluding steroid dienone is 2. The number of hydrogen-bond acceptors (Lipinski definition) is 1. The Morgan fingerprint density at radius 2 is 2.25 bits per heavy atom. The molecule has 0 fully saturated rings. The van der Waals surface area contributed by atoms with Gasteiger partial charge in [-0.2, -0.15) is 0 Å². The zero-order chi connectivity index (χ0) is 12.2. The minimum absolute atomic E-state index is 0.269. The van der Waals surface area contributed by atoms with Crippen molar-refractivity contribution in [3.8, 4) is 0 Å². The van der Waals surface area contributed by atoms with Crippen molar-refractivity contribution in [2.24, 2.45) is 17.3 Å². The van der Waals surface area contributed by atoms with Crippen molar-refractivity contribution in [1.82, 2.24) is 0 Å². The van der Waals surface area contributed by atoms with Gasteiger partial charge in [0.05, 0.1) is 0 Å². The second kappa shape index (κ2) is 5.65. The van der Waals surface area contributed by atoms with Crippen LogP contribution in [0.15, 0.2) is 11.6 Å². The summed E-state index contributed by atoms with van der Waals surface area (Å²) in [6.45, 7) is 9.10. The van der Waals surface area contributed by atoms with E-state index in [9.17, 15) is 4.79 Å². The van der Waals surface area contributed by atoms with E-state index in [2.05, 4.69) is 33.8 Å². The SMILES string of the molecule is CCC(C=O)CCC1C(C)=CCCC1(C)C. The molecule has 1 aliphatic rings. The highest BCUT2D eigenvalue weighted by Crippen LogP contribution is 2.43. The summed E-state index contributed by atoms with van der Waals surface area (Å²) in [7, 11) is 0. The van der Waals surface area contributed by atoms with Gasteiger partial charge in [0.15, 0.2) is 0 Å². The highest BCUT2D eigenvalue weighted by atomic mass is 16.1. The summed E-state index contributed by atoms with van der Waals surface area (Å²) in [4.78, 5) is 10.8. The van der Waals surface area contributed by atoms with Crippen LogP contribution in [0.25, 0.3) is 0 Å². The van der Waals surface area contributed by atoms with Crippen LogP contribution in [-0.2, 0) is 4.79 Å². The zero-order valence-electron chi connectivity index (χ0n) is 11.3. The van der Waals surface area contributed by atoms with Gasteiger partial charge < -0.3 is 4.79 Å². The van der Waals surface area contributed by atoms with Gasteiger partial charge >= 0.3 is 0 Å². The molecule has 1 heteroatoms. The molecule has 0 radical (unpaired) electrons. The monoisotopic (exact) mass is 222 g/mol.